The first-order valence-electron chi connectivity index (χ1n) is 7.97. The number of carbonyl (C=O) groups excluding carboxylic acids is 1. The Labute approximate surface area is 134 Å². The molecule has 1 aromatic carbocycles. The van der Waals surface area contributed by atoms with Crippen molar-refractivity contribution in [1.82, 2.24) is 9.47 Å². The molecule has 1 fully saturated rings. The van der Waals surface area contributed by atoms with Crippen LogP contribution in [-0.4, -0.2) is 28.5 Å². The molecule has 2 N–H and O–H groups in total. The summed E-state index contributed by atoms with van der Waals surface area (Å²) in [6.07, 6.45) is 1.03. The van der Waals surface area contributed by atoms with Gasteiger partial charge in [-0.3, -0.25) is 9.59 Å². The van der Waals surface area contributed by atoms with Crippen molar-refractivity contribution in [3.05, 3.63) is 64.1 Å². The average molecular weight is 309 g/mol. The molecule has 4 rings (SSSR count). The lowest BCUT2D eigenvalue weighted by Gasteiger charge is -2.42. The maximum absolute atomic E-state index is 12.7. The van der Waals surface area contributed by atoms with Crippen LogP contribution in [-0.2, 0) is 6.54 Å². The first-order valence-corrected chi connectivity index (χ1v) is 7.97. The maximum atomic E-state index is 12.7. The summed E-state index contributed by atoms with van der Waals surface area (Å²) in [5, 5.41) is 0. The number of hydrogen-bond donors (Lipinski definition) is 1. The van der Waals surface area contributed by atoms with Crippen molar-refractivity contribution in [1.29, 1.82) is 0 Å². The molecule has 5 heteroatoms. The van der Waals surface area contributed by atoms with Crippen LogP contribution in [0.4, 0.5) is 5.69 Å². The topological polar surface area (TPSA) is 68.3 Å². The Bertz CT molecular complexity index is 813. The molecule has 0 radical (unpaired) electrons. The van der Waals surface area contributed by atoms with Crippen molar-refractivity contribution >= 4 is 11.6 Å². The lowest BCUT2D eigenvalue weighted by atomic mass is 9.83. The molecule has 5 nitrogen and oxygen atoms in total. The Morgan fingerprint density at radius 1 is 1.04 bits per heavy atom. The lowest BCUT2D eigenvalue weighted by molar-refractivity contribution is 0.0594. The van der Waals surface area contributed by atoms with E-state index in [1.165, 1.54) is 0 Å². The predicted octanol–water partition coefficient (Wildman–Crippen LogP) is 1.69. The average Bonchev–Trinajstić information content (AvgIpc) is 2.58. The number of anilines is 1. The third kappa shape index (κ3) is 2.32. The molecule has 2 aliphatic rings. The zero-order valence-electron chi connectivity index (χ0n) is 12.8. The summed E-state index contributed by atoms with van der Waals surface area (Å²) >= 11 is 0. The van der Waals surface area contributed by atoms with Gasteiger partial charge in [0, 0.05) is 36.8 Å². The fourth-order valence-electron chi connectivity index (χ4n) is 3.89. The molecule has 1 amide bonds. The van der Waals surface area contributed by atoms with Crippen molar-refractivity contribution in [2.75, 3.05) is 18.8 Å². The summed E-state index contributed by atoms with van der Waals surface area (Å²) in [6.45, 7) is 2.01. The minimum Gasteiger partial charge on any atom is -0.394 e. The van der Waals surface area contributed by atoms with E-state index >= 15 is 0 Å². The van der Waals surface area contributed by atoms with Gasteiger partial charge in [-0.1, -0.05) is 18.2 Å². The van der Waals surface area contributed by atoms with Crippen molar-refractivity contribution in [2.24, 2.45) is 5.92 Å². The number of nitrogens with zero attached hydrogens (tertiary/aromatic N) is 2. The number of fused-ring (bicyclic) bond motifs is 4. The maximum Gasteiger partial charge on any atom is 0.273 e. The first-order chi connectivity index (χ1) is 11.1. The Morgan fingerprint density at radius 2 is 1.83 bits per heavy atom. The van der Waals surface area contributed by atoms with Crippen molar-refractivity contribution < 1.29 is 4.79 Å². The van der Waals surface area contributed by atoms with Gasteiger partial charge in [0.2, 0.25) is 0 Å². The highest BCUT2D eigenvalue weighted by Gasteiger charge is 2.36. The fraction of sp³-hybridized carbons (Fsp3) is 0.333. The zero-order valence-corrected chi connectivity index (χ0v) is 12.8. The number of piperidine rings is 1. The van der Waals surface area contributed by atoms with E-state index in [4.69, 9.17) is 5.73 Å². The van der Waals surface area contributed by atoms with Crippen LogP contribution in [0.2, 0.25) is 0 Å². The molecule has 0 spiro atoms. The molecule has 2 atom stereocenters. The largest absolute Gasteiger partial charge is 0.394 e. The second-order valence-electron chi connectivity index (χ2n) is 6.50. The van der Waals surface area contributed by atoms with Crippen LogP contribution >= 0.6 is 0 Å². The molecular formula is C18H19N3O2. The zero-order chi connectivity index (χ0) is 16.0. The summed E-state index contributed by atoms with van der Waals surface area (Å²) in [7, 11) is 0. The van der Waals surface area contributed by atoms with Gasteiger partial charge in [0.15, 0.2) is 0 Å². The summed E-state index contributed by atoms with van der Waals surface area (Å²) in [5.41, 5.74) is 7.68. The van der Waals surface area contributed by atoms with E-state index in [1.807, 2.05) is 41.3 Å². The molecule has 3 heterocycles. The molecule has 0 unspecified atom stereocenters. The van der Waals surface area contributed by atoms with Crippen LogP contribution in [0.15, 0.2) is 47.3 Å². The highest BCUT2D eigenvalue weighted by molar-refractivity contribution is 5.94. The van der Waals surface area contributed by atoms with Gasteiger partial charge in [-0.2, -0.15) is 0 Å². The smallest absolute Gasteiger partial charge is 0.273 e. The molecule has 0 aliphatic carbocycles. The van der Waals surface area contributed by atoms with Crippen LogP contribution in [0.5, 0.6) is 0 Å². The van der Waals surface area contributed by atoms with Gasteiger partial charge in [0.1, 0.15) is 0 Å². The Hall–Kier alpha value is -2.56. The number of hydrogen-bond acceptors (Lipinski definition) is 3. The lowest BCUT2D eigenvalue weighted by Crippen LogP contribution is -2.49. The molecule has 1 saturated heterocycles. The molecule has 2 aliphatic heterocycles. The molecule has 2 aromatic rings. The third-order valence-corrected chi connectivity index (χ3v) is 4.94. The van der Waals surface area contributed by atoms with E-state index in [-0.39, 0.29) is 17.4 Å². The van der Waals surface area contributed by atoms with Crippen LogP contribution in [0.1, 0.15) is 28.4 Å². The molecule has 118 valence electrons. The van der Waals surface area contributed by atoms with Crippen LogP contribution in [0, 0.1) is 5.92 Å². The van der Waals surface area contributed by atoms with Gasteiger partial charge in [-0.05, 0) is 36.6 Å². The number of likely N-dealkylation sites (tertiary alicyclic amines) is 1. The van der Waals surface area contributed by atoms with E-state index in [2.05, 4.69) is 0 Å². The second-order valence-corrected chi connectivity index (χ2v) is 6.50. The summed E-state index contributed by atoms with van der Waals surface area (Å²) in [4.78, 5) is 26.9. The Balaban J connectivity index is 1.65. The van der Waals surface area contributed by atoms with Crippen LogP contribution in [0.3, 0.4) is 0 Å². The van der Waals surface area contributed by atoms with Gasteiger partial charge in [0.25, 0.3) is 11.5 Å². The number of aromatic nitrogens is 1. The quantitative estimate of drug-likeness (QED) is 0.871. The monoisotopic (exact) mass is 309 g/mol. The number of nitrogen functional groups attached to an aromatic ring is 1. The van der Waals surface area contributed by atoms with Gasteiger partial charge in [-0.25, -0.2) is 0 Å². The van der Waals surface area contributed by atoms with E-state index in [9.17, 15) is 9.59 Å². The van der Waals surface area contributed by atoms with E-state index in [0.29, 0.717) is 31.2 Å². The van der Waals surface area contributed by atoms with Crippen LogP contribution < -0.4 is 11.3 Å². The number of rotatable bonds is 1. The van der Waals surface area contributed by atoms with Gasteiger partial charge < -0.3 is 15.2 Å². The summed E-state index contributed by atoms with van der Waals surface area (Å²) in [5.74, 6) is 0.600. The number of carbonyl (C=O) groups is 1. The van der Waals surface area contributed by atoms with E-state index in [0.717, 1.165) is 17.7 Å². The normalized spacial score (nSPS) is 22.5. The standard InChI is InChI=1S/C18H19N3O2/c19-15-6-7-16-14-8-12(10-21(16)18(15)23)9-20(11-14)17(22)13-4-2-1-3-5-13/h1-7,12,14H,8-11,19H2/t12-,14+/m0/s1. The van der Waals surface area contributed by atoms with Crippen molar-refractivity contribution in [3.63, 3.8) is 0 Å². The van der Waals surface area contributed by atoms with Gasteiger partial charge in [0.05, 0.1) is 5.69 Å². The van der Waals surface area contributed by atoms with Gasteiger partial charge in [-0.15, -0.1) is 0 Å². The highest BCUT2D eigenvalue weighted by Crippen LogP contribution is 2.35. The molecule has 1 aromatic heterocycles. The fourth-order valence-corrected chi connectivity index (χ4v) is 3.89. The number of benzene rings is 1. The summed E-state index contributed by atoms with van der Waals surface area (Å²) < 4.78 is 1.80. The van der Waals surface area contributed by atoms with Crippen LogP contribution in [0.25, 0.3) is 0 Å². The molecular weight excluding hydrogens is 290 g/mol. The van der Waals surface area contributed by atoms with Gasteiger partial charge >= 0.3 is 0 Å². The van der Waals surface area contributed by atoms with E-state index in [1.54, 1.807) is 10.6 Å². The van der Waals surface area contributed by atoms with E-state index < -0.39 is 0 Å². The first kappa shape index (κ1) is 14.1. The number of amides is 1. The number of nitrogens with two attached hydrogens (primary N) is 1. The highest BCUT2D eigenvalue weighted by atomic mass is 16.2. The molecule has 23 heavy (non-hydrogen) atoms. The predicted molar refractivity (Wildman–Crippen MR) is 88.3 cm³/mol. The second kappa shape index (κ2) is 5.26. The Morgan fingerprint density at radius 3 is 2.61 bits per heavy atom. The number of pyridine rings is 1. The third-order valence-electron chi connectivity index (χ3n) is 4.94. The minimum absolute atomic E-state index is 0.0755. The minimum atomic E-state index is -0.0972. The molecule has 2 bridgehead atoms. The Kier molecular flexibility index (Phi) is 3.22. The molecule has 0 saturated carbocycles. The van der Waals surface area contributed by atoms with Crippen molar-refractivity contribution in [3.8, 4) is 0 Å². The summed E-state index contributed by atoms with van der Waals surface area (Å²) in [6, 6.07) is 13.0. The SMILES string of the molecule is Nc1ccc2n(c1=O)C[C@H]1C[C@@H]2CN(C(=O)c2ccccc2)C1. The van der Waals surface area contributed by atoms with Crippen molar-refractivity contribution in [2.45, 2.75) is 18.9 Å².